The van der Waals surface area contributed by atoms with E-state index in [2.05, 4.69) is 4.72 Å². The molecule has 0 unspecified atom stereocenters. The second-order valence-corrected chi connectivity index (χ2v) is 10.6. The Hall–Kier alpha value is -3.48. The number of sulfonamides is 1. The molecule has 0 saturated carbocycles. The van der Waals surface area contributed by atoms with Crippen molar-refractivity contribution in [3.8, 4) is 5.75 Å². The van der Waals surface area contributed by atoms with Crippen molar-refractivity contribution in [1.82, 2.24) is 0 Å². The van der Waals surface area contributed by atoms with Crippen molar-refractivity contribution in [2.24, 2.45) is 0 Å². The molecular weight excluding hydrogens is 450 g/mol. The second-order valence-electron chi connectivity index (χ2n) is 7.85. The van der Waals surface area contributed by atoms with Gasteiger partial charge in [-0.3, -0.25) is 4.72 Å². The molecule has 5 aromatic carbocycles. The molecule has 5 rings (SSSR count). The van der Waals surface area contributed by atoms with Gasteiger partial charge in [-0.15, -0.1) is 0 Å². The van der Waals surface area contributed by atoms with E-state index in [0.717, 1.165) is 21.2 Å². The third-order valence-corrected chi connectivity index (χ3v) is 7.91. The first-order valence-electron chi connectivity index (χ1n) is 10.4. The molecule has 164 valence electrons. The van der Waals surface area contributed by atoms with Gasteiger partial charge in [0.1, 0.15) is 5.75 Å². The molecule has 0 radical (unpaired) electrons. The summed E-state index contributed by atoms with van der Waals surface area (Å²) >= 11 is 1.39. The molecule has 6 heteroatoms. The molecule has 4 nitrogen and oxygen atoms in total. The summed E-state index contributed by atoms with van der Waals surface area (Å²) in [6, 6.07) is 29.6. The molecule has 0 atom stereocenters. The monoisotopic (exact) mass is 471 g/mol. The van der Waals surface area contributed by atoms with Gasteiger partial charge in [0.2, 0.25) is 0 Å². The number of nitrogens with one attached hydrogen (secondary N) is 1. The van der Waals surface area contributed by atoms with E-state index >= 15 is 0 Å². The van der Waals surface area contributed by atoms with Crippen LogP contribution in [0.4, 0.5) is 5.69 Å². The molecule has 0 spiro atoms. The molecule has 0 saturated heterocycles. The molecule has 2 N–H and O–H groups in total. The van der Waals surface area contributed by atoms with E-state index in [0.29, 0.717) is 21.4 Å². The number of benzene rings is 5. The van der Waals surface area contributed by atoms with E-state index in [1.54, 1.807) is 36.4 Å². The highest BCUT2D eigenvalue weighted by atomic mass is 32.2. The number of fused-ring (bicyclic) bond motifs is 2. The van der Waals surface area contributed by atoms with Crippen LogP contribution in [0.3, 0.4) is 0 Å². The Morgan fingerprint density at radius 1 is 0.758 bits per heavy atom. The quantitative estimate of drug-likeness (QED) is 0.272. The summed E-state index contributed by atoms with van der Waals surface area (Å²) in [6.45, 7) is 2.02. The fraction of sp³-hybridized carbons (Fsp3) is 0.0370. The lowest BCUT2D eigenvalue weighted by atomic mass is 10.1. The van der Waals surface area contributed by atoms with Crippen LogP contribution in [-0.4, -0.2) is 13.5 Å². The van der Waals surface area contributed by atoms with Crippen molar-refractivity contribution in [1.29, 1.82) is 0 Å². The first-order valence-corrected chi connectivity index (χ1v) is 12.7. The van der Waals surface area contributed by atoms with Crippen LogP contribution in [0.2, 0.25) is 0 Å². The van der Waals surface area contributed by atoms with Gasteiger partial charge in [0.15, 0.2) is 0 Å². The molecule has 0 aliphatic rings. The van der Waals surface area contributed by atoms with Gasteiger partial charge in [0.05, 0.1) is 15.5 Å². The number of hydrogen-bond donors (Lipinski definition) is 2. The van der Waals surface area contributed by atoms with E-state index in [-0.39, 0.29) is 10.6 Å². The van der Waals surface area contributed by atoms with Crippen LogP contribution in [0.15, 0.2) is 112 Å². The minimum absolute atomic E-state index is 0.129. The topological polar surface area (TPSA) is 66.4 Å². The summed E-state index contributed by atoms with van der Waals surface area (Å²) < 4.78 is 29.4. The van der Waals surface area contributed by atoms with Gasteiger partial charge < -0.3 is 5.11 Å². The van der Waals surface area contributed by atoms with Crippen molar-refractivity contribution in [3.05, 3.63) is 103 Å². The molecule has 5 aromatic rings. The summed E-state index contributed by atoms with van der Waals surface area (Å²) in [5.41, 5.74) is 1.57. The predicted octanol–water partition coefficient (Wildman–Crippen LogP) is 6.96. The van der Waals surface area contributed by atoms with Crippen molar-refractivity contribution >= 4 is 49.0 Å². The maximum absolute atomic E-state index is 13.3. The van der Waals surface area contributed by atoms with E-state index in [9.17, 15) is 13.5 Å². The van der Waals surface area contributed by atoms with Gasteiger partial charge in [0, 0.05) is 15.7 Å². The minimum Gasteiger partial charge on any atom is -0.506 e. The maximum Gasteiger partial charge on any atom is 0.261 e. The zero-order valence-corrected chi connectivity index (χ0v) is 19.5. The molecule has 0 heterocycles. The van der Waals surface area contributed by atoms with E-state index < -0.39 is 10.0 Å². The van der Waals surface area contributed by atoms with Crippen molar-refractivity contribution in [3.63, 3.8) is 0 Å². The lowest BCUT2D eigenvalue weighted by Gasteiger charge is -2.15. The zero-order chi connectivity index (χ0) is 23.0. The minimum atomic E-state index is -3.85. The first-order chi connectivity index (χ1) is 15.9. The molecule has 0 bridgehead atoms. The van der Waals surface area contributed by atoms with Crippen molar-refractivity contribution in [2.75, 3.05) is 4.72 Å². The van der Waals surface area contributed by atoms with Crippen LogP contribution in [0.25, 0.3) is 21.5 Å². The molecule has 0 amide bonds. The van der Waals surface area contributed by atoms with Crippen LogP contribution < -0.4 is 4.72 Å². The standard InChI is InChI=1S/C27H21NO3S2/c1-18-10-13-21(14-11-18)32-26-17-25(23-8-4-5-9-24(23)27(26)29)28-33(30,31)22-15-12-19-6-2-3-7-20(19)16-22/h2-17,28-29H,1H3. The highest BCUT2D eigenvalue weighted by Gasteiger charge is 2.19. The number of rotatable bonds is 5. The van der Waals surface area contributed by atoms with Crippen LogP contribution in [0, 0.1) is 6.92 Å². The van der Waals surface area contributed by atoms with Gasteiger partial charge in [-0.05, 0) is 48.0 Å². The smallest absolute Gasteiger partial charge is 0.261 e. The number of phenols is 1. The Morgan fingerprint density at radius 3 is 2.18 bits per heavy atom. The summed E-state index contributed by atoms with van der Waals surface area (Å²) in [7, 11) is -3.85. The van der Waals surface area contributed by atoms with Crippen molar-refractivity contribution < 1.29 is 13.5 Å². The highest BCUT2D eigenvalue weighted by molar-refractivity contribution is 7.99. The maximum atomic E-state index is 13.3. The Kier molecular flexibility index (Phi) is 5.48. The fourth-order valence-corrected chi connectivity index (χ4v) is 5.78. The number of anilines is 1. The van der Waals surface area contributed by atoms with Gasteiger partial charge in [-0.25, -0.2) is 8.42 Å². The van der Waals surface area contributed by atoms with E-state index in [4.69, 9.17) is 0 Å². The average Bonchev–Trinajstić information content (AvgIpc) is 2.83. The third kappa shape index (κ3) is 4.27. The SMILES string of the molecule is Cc1ccc(Sc2cc(NS(=O)(=O)c3ccc4ccccc4c3)c3ccccc3c2O)cc1. The molecular formula is C27H21NO3S2. The van der Waals surface area contributed by atoms with Crippen LogP contribution in [0.5, 0.6) is 5.75 Å². The number of aryl methyl sites for hydroxylation is 1. The summed E-state index contributed by atoms with van der Waals surface area (Å²) in [6.07, 6.45) is 0. The summed E-state index contributed by atoms with van der Waals surface area (Å²) in [5.74, 6) is 0.129. The molecule has 0 aliphatic carbocycles. The fourth-order valence-electron chi connectivity index (χ4n) is 3.77. The molecule has 0 aromatic heterocycles. The van der Waals surface area contributed by atoms with Gasteiger partial charge in [-0.2, -0.15) is 0 Å². The highest BCUT2D eigenvalue weighted by Crippen LogP contribution is 2.43. The Bertz CT molecular complexity index is 1590. The second kappa shape index (κ2) is 8.46. The lowest BCUT2D eigenvalue weighted by molar-refractivity contribution is 0.469. The third-order valence-electron chi connectivity index (χ3n) is 5.51. The Labute approximate surface area is 197 Å². The number of aromatic hydroxyl groups is 1. The Balaban J connectivity index is 1.58. The average molecular weight is 472 g/mol. The van der Waals surface area contributed by atoms with Gasteiger partial charge >= 0.3 is 0 Å². The van der Waals surface area contributed by atoms with Crippen molar-refractivity contribution in [2.45, 2.75) is 21.6 Å². The molecule has 0 fully saturated rings. The largest absolute Gasteiger partial charge is 0.506 e. The van der Waals surface area contributed by atoms with Crippen LogP contribution in [-0.2, 0) is 10.0 Å². The first kappa shape index (κ1) is 21.4. The van der Waals surface area contributed by atoms with Gasteiger partial charge in [0.25, 0.3) is 10.0 Å². The predicted molar refractivity (Wildman–Crippen MR) is 136 cm³/mol. The van der Waals surface area contributed by atoms with Crippen LogP contribution in [0.1, 0.15) is 5.56 Å². The number of hydrogen-bond acceptors (Lipinski definition) is 4. The van der Waals surface area contributed by atoms with E-state index in [1.165, 1.54) is 11.8 Å². The van der Waals surface area contributed by atoms with Gasteiger partial charge in [-0.1, -0.05) is 84.1 Å². The Morgan fingerprint density at radius 2 is 1.42 bits per heavy atom. The molecule has 0 aliphatic heterocycles. The zero-order valence-electron chi connectivity index (χ0n) is 17.8. The lowest BCUT2D eigenvalue weighted by Crippen LogP contribution is -2.13. The summed E-state index contributed by atoms with van der Waals surface area (Å²) in [4.78, 5) is 1.72. The molecule has 33 heavy (non-hydrogen) atoms. The van der Waals surface area contributed by atoms with Crippen LogP contribution >= 0.6 is 11.8 Å². The summed E-state index contributed by atoms with van der Waals surface area (Å²) in [5, 5.41) is 14.0. The number of phenolic OH excluding ortho intramolecular Hbond substituents is 1. The normalized spacial score (nSPS) is 11.7. The van der Waals surface area contributed by atoms with E-state index in [1.807, 2.05) is 67.6 Å².